The lowest BCUT2D eigenvalue weighted by Crippen LogP contribution is -1.98. The van der Waals surface area contributed by atoms with E-state index < -0.39 is 7.75 Å². The molecule has 0 amide bonds. The van der Waals surface area contributed by atoms with Crippen molar-refractivity contribution in [3.05, 3.63) is 0 Å². The monoisotopic (exact) mass is 264 g/mol. The molecule has 0 aliphatic rings. The molecule has 0 aliphatic carbocycles. The lowest BCUT2D eigenvalue weighted by Gasteiger charge is -2.08. The third-order valence-electron chi connectivity index (χ3n) is 2.16. The van der Waals surface area contributed by atoms with E-state index in [0.29, 0.717) is 13.2 Å². The molecule has 0 saturated heterocycles. The van der Waals surface area contributed by atoms with Crippen molar-refractivity contribution in [2.24, 2.45) is 4.88 Å². The Morgan fingerprint density at radius 3 is 1.88 bits per heavy atom. The molecule has 0 aromatic carbocycles. The predicted molar refractivity (Wildman–Crippen MR) is 65.8 cm³/mol. The smallest absolute Gasteiger partial charge is 0.287 e. The van der Waals surface area contributed by atoms with Crippen LogP contribution < -0.4 is 4.91 Å². The summed E-state index contributed by atoms with van der Waals surface area (Å²) >= 11 is 0. The lowest BCUT2D eigenvalue weighted by atomic mass is 10.3. The molecule has 1 N–H and O–H groups in total. The highest BCUT2D eigenvalue weighted by Gasteiger charge is 2.30. The van der Waals surface area contributed by atoms with Gasteiger partial charge in [-0.1, -0.05) is 39.5 Å². The molecule has 0 aliphatic heterocycles. The molecular formula is C10H23N3O3P+. The van der Waals surface area contributed by atoms with Crippen LogP contribution in [0, 0.1) is 5.53 Å². The van der Waals surface area contributed by atoms with Crippen molar-refractivity contribution in [3.63, 3.8) is 0 Å². The summed E-state index contributed by atoms with van der Waals surface area (Å²) in [5.41, 5.74) is 6.62. The summed E-state index contributed by atoms with van der Waals surface area (Å²) in [5.74, 6) is 0. The van der Waals surface area contributed by atoms with Crippen molar-refractivity contribution >= 4 is 7.75 Å². The van der Waals surface area contributed by atoms with Gasteiger partial charge >= 0.3 is 7.75 Å². The second-order valence-corrected chi connectivity index (χ2v) is 5.37. The SMILES string of the molecule is CCCCCOP(=O)(N=[N+]=N)OCCCCC. The van der Waals surface area contributed by atoms with Gasteiger partial charge in [-0.05, 0) is 12.8 Å². The summed E-state index contributed by atoms with van der Waals surface area (Å²) in [6.45, 7) is 4.81. The highest BCUT2D eigenvalue weighted by molar-refractivity contribution is 7.52. The molecule has 0 bridgehead atoms. The maximum Gasteiger partial charge on any atom is 0.532 e. The third kappa shape index (κ3) is 9.19. The van der Waals surface area contributed by atoms with Crippen molar-refractivity contribution in [1.82, 2.24) is 4.91 Å². The number of nitrogens with zero attached hydrogens (tertiary/aromatic N) is 2. The van der Waals surface area contributed by atoms with Crippen molar-refractivity contribution < 1.29 is 13.6 Å². The average Bonchev–Trinajstić information content (AvgIpc) is 2.31. The molecule has 6 nitrogen and oxygen atoms in total. The van der Waals surface area contributed by atoms with Crippen LogP contribution in [0.25, 0.3) is 0 Å². The number of rotatable bonds is 11. The number of hydrogen-bond acceptors (Lipinski definition) is 4. The Balaban J connectivity index is 3.98. The first kappa shape index (κ1) is 16.5. The van der Waals surface area contributed by atoms with E-state index in [4.69, 9.17) is 14.6 Å². The Labute approximate surface area is 103 Å². The molecule has 0 fully saturated rings. The van der Waals surface area contributed by atoms with E-state index in [1.165, 1.54) is 0 Å². The predicted octanol–water partition coefficient (Wildman–Crippen LogP) is 4.06. The molecular weight excluding hydrogens is 241 g/mol. The topological polar surface area (TPSA) is 85.8 Å². The minimum absolute atomic E-state index is 0.331. The molecule has 0 unspecified atom stereocenters. The van der Waals surface area contributed by atoms with Gasteiger partial charge in [0.05, 0.1) is 13.2 Å². The van der Waals surface area contributed by atoms with Gasteiger partial charge in [0, 0.05) is 0 Å². The van der Waals surface area contributed by atoms with Crippen molar-refractivity contribution in [3.8, 4) is 0 Å². The second-order valence-electron chi connectivity index (χ2n) is 3.74. The fourth-order valence-electron chi connectivity index (χ4n) is 1.21. The molecule has 7 heteroatoms. The maximum atomic E-state index is 11.9. The van der Waals surface area contributed by atoms with E-state index in [-0.39, 0.29) is 0 Å². The van der Waals surface area contributed by atoms with Crippen LogP contribution in [0.4, 0.5) is 0 Å². The number of nitrogens with one attached hydrogen (secondary N) is 1. The van der Waals surface area contributed by atoms with E-state index in [0.717, 1.165) is 38.5 Å². The molecule has 0 saturated carbocycles. The Kier molecular flexibility index (Phi) is 10.3. The summed E-state index contributed by atoms with van der Waals surface area (Å²) in [6, 6.07) is 0. The van der Waals surface area contributed by atoms with E-state index in [2.05, 4.69) is 23.6 Å². The highest BCUT2D eigenvalue weighted by Crippen LogP contribution is 2.49. The van der Waals surface area contributed by atoms with Gasteiger partial charge < -0.3 is 0 Å². The molecule has 100 valence electrons. The standard InChI is InChI=1S/C10H23N3O3P/c1-3-5-7-9-15-17(14,13-12-11)16-10-8-6-4-2/h11H,3-10H2,1-2H3/q+1. The van der Waals surface area contributed by atoms with Crippen LogP contribution in [-0.4, -0.2) is 13.2 Å². The quantitative estimate of drug-likeness (QED) is 0.264. The molecule has 17 heavy (non-hydrogen) atoms. The Hall–Kier alpha value is -0.540. The van der Waals surface area contributed by atoms with Crippen LogP contribution in [0.5, 0.6) is 0 Å². The first-order chi connectivity index (χ1) is 8.18. The van der Waals surface area contributed by atoms with Crippen LogP contribution in [0.3, 0.4) is 0 Å². The van der Waals surface area contributed by atoms with Gasteiger partial charge in [0.1, 0.15) is 5.53 Å². The van der Waals surface area contributed by atoms with Crippen LogP contribution in [0.15, 0.2) is 4.88 Å². The largest absolute Gasteiger partial charge is 0.532 e. The van der Waals surface area contributed by atoms with E-state index >= 15 is 0 Å². The Morgan fingerprint density at radius 2 is 1.53 bits per heavy atom. The zero-order valence-corrected chi connectivity index (χ0v) is 11.6. The fraction of sp³-hybridized carbons (Fsp3) is 1.00. The van der Waals surface area contributed by atoms with Crippen molar-refractivity contribution in [2.45, 2.75) is 52.4 Å². The molecule has 0 spiro atoms. The van der Waals surface area contributed by atoms with Gasteiger partial charge in [0.25, 0.3) is 0 Å². The first-order valence-electron chi connectivity index (χ1n) is 6.16. The lowest BCUT2D eigenvalue weighted by molar-refractivity contribution is 0.197. The van der Waals surface area contributed by atoms with Gasteiger partial charge in [-0.2, -0.15) is 0 Å². The highest BCUT2D eigenvalue weighted by atomic mass is 31.2. The van der Waals surface area contributed by atoms with Gasteiger partial charge in [0.2, 0.25) is 9.80 Å². The van der Waals surface area contributed by atoms with E-state index in [1.807, 2.05) is 0 Å². The zero-order chi connectivity index (χ0) is 13.0. The molecule has 0 radical (unpaired) electrons. The minimum atomic E-state index is -3.53. The molecule has 0 atom stereocenters. The van der Waals surface area contributed by atoms with Crippen molar-refractivity contribution in [2.75, 3.05) is 13.2 Å². The minimum Gasteiger partial charge on any atom is -0.287 e. The molecule has 0 rings (SSSR count). The zero-order valence-electron chi connectivity index (χ0n) is 10.7. The Bertz CT molecular complexity index is 264. The van der Waals surface area contributed by atoms with Crippen LogP contribution in [0.1, 0.15) is 52.4 Å². The fourth-order valence-corrected chi connectivity index (χ4v) is 2.21. The van der Waals surface area contributed by atoms with Gasteiger partial charge in [-0.15, -0.1) is 0 Å². The van der Waals surface area contributed by atoms with Gasteiger partial charge in [-0.3, -0.25) is 9.05 Å². The molecule has 0 heterocycles. The van der Waals surface area contributed by atoms with Crippen LogP contribution >= 0.6 is 7.75 Å². The van der Waals surface area contributed by atoms with E-state index in [1.54, 1.807) is 0 Å². The first-order valence-corrected chi connectivity index (χ1v) is 7.66. The summed E-state index contributed by atoms with van der Waals surface area (Å²) in [4.78, 5) is 6.02. The number of hydrogen-bond donors (Lipinski definition) is 1. The number of unbranched alkanes of at least 4 members (excludes halogenated alkanes) is 4. The van der Waals surface area contributed by atoms with E-state index in [9.17, 15) is 4.57 Å². The Morgan fingerprint density at radius 1 is 1.06 bits per heavy atom. The summed E-state index contributed by atoms with van der Waals surface area (Å²) in [6.07, 6.45) is 5.76. The average molecular weight is 264 g/mol. The maximum absolute atomic E-state index is 11.9. The van der Waals surface area contributed by atoms with Crippen molar-refractivity contribution in [1.29, 1.82) is 5.53 Å². The summed E-state index contributed by atoms with van der Waals surface area (Å²) in [5, 5.41) is 0. The van der Waals surface area contributed by atoms with Crippen LogP contribution in [0.2, 0.25) is 0 Å². The second kappa shape index (κ2) is 10.6. The summed E-state index contributed by atoms with van der Waals surface area (Å²) in [7, 11) is -3.53. The normalized spacial score (nSPS) is 11.2. The third-order valence-corrected chi connectivity index (χ3v) is 3.49. The summed E-state index contributed by atoms with van der Waals surface area (Å²) < 4.78 is 22.1. The van der Waals surface area contributed by atoms with Crippen LogP contribution in [-0.2, 0) is 13.6 Å². The molecule has 0 aromatic rings. The van der Waals surface area contributed by atoms with Gasteiger partial charge in [-0.25, -0.2) is 4.57 Å². The molecule has 0 aromatic heterocycles. The van der Waals surface area contributed by atoms with Gasteiger partial charge in [0.15, 0.2) is 0 Å².